The Kier molecular flexibility index (Phi) is 3.00. The summed E-state index contributed by atoms with van der Waals surface area (Å²) < 4.78 is 3.81. The first kappa shape index (κ1) is 12.9. The van der Waals surface area contributed by atoms with Crippen LogP contribution in [0.2, 0.25) is 0 Å². The molecule has 0 radical (unpaired) electrons. The SMILES string of the molecule is O=C(Nc1nc2c(Br)cccc2s1)c1nnc2n1CCC2. The smallest absolute Gasteiger partial charge is 0.295 e. The van der Waals surface area contributed by atoms with E-state index in [2.05, 4.69) is 36.4 Å². The number of aromatic nitrogens is 4. The zero-order valence-electron chi connectivity index (χ0n) is 10.8. The van der Waals surface area contributed by atoms with Crippen LogP contribution in [0.25, 0.3) is 10.2 Å². The van der Waals surface area contributed by atoms with Gasteiger partial charge in [-0.25, -0.2) is 4.98 Å². The molecule has 0 fully saturated rings. The van der Waals surface area contributed by atoms with Crippen molar-refractivity contribution in [1.82, 2.24) is 19.7 Å². The molecule has 21 heavy (non-hydrogen) atoms. The van der Waals surface area contributed by atoms with Crippen LogP contribution < -0.4 is 5.32 Å². The molecule has 1 N–H and O–H groups in total. The van der Waals surface area contributed by atoms with E-state index in [9.17, 15) is 4.79 Å². The molecule has 1 amide bonds. The first-order valence-electron chi connectivity index (χ1n) is 6.51. The van der Waals surface area contributed by atoms with Crippen molar-refractivity contribution < 1.29 is 4.79 Å². The van der Waals surface area contributed by atoms with Crippen LogP contribution >= 0.6 is 27.3 Å². The molecule has 0 saturated heterocycles. The molecule has 4 rings (SSSR count). The highest BCUT2D eigenvalue weighted by Crippen LogP contribution is 2.31. The minimum Gasteiger partial charge on any atom is -0.307 e. The Hall–Kier alpha value is -1.80. The molecule has 106 valence electrons. The summed E-state index contributed by atoms with van der Waals surface area (Å²) in [7, 11) is 0. The number of nitrogens with one attached hydrogen (secondary N) is 1. The van der Waals surface area contributed by atoms with Crippen LogP contribution in [0.4, 0.5) is 5.13 Å². The van der Waals surface area contributed by atoms with Gasteiger partial charge in [-0.05, 0) is 34.5 Å². The highest BCUT2D eigenvalue weighted by Gasteiger charge is 2.23. The minimum atomic E-state index is -0.258. The minimum absolute atomic E-state index is 0.258. The number of thiazole rings is 1. The number of carbonyl (C=O) groups excluding carboxylic acids is 1. The molecule has 6 nitrogen and oxygen atoms in total. The lowest BCUT2D eigenvalue weighted by molar-refractivity contribution is 0.101. The monoisotopic (exact) mass is 363 g/mol. The fourth-order valence-corrected chi connectivity index (χ4v) is 3.91. The first-order chi connectivity index (χ1) is 10.2. The van der Waals surface area contributed by atoms with Crippen molar-refractivity contribution in [2.45, 2.75) is 19.4 Å². The standard InChI is InChI=1S/C13H10BrN5OS/c14-7-3-1-4-8-10(7)15-13(21-8)16-12(20)11-18-17-9-5-2-6-19(9)11/h1,3-4H,2,5-6H2,(H,15,16,20). The molecule has 1 aliphatic rings. The molecular weight excluding hydrogens is 354 g/mol. The number of benzene rings is 1. The third kappa shape index (κ3) is 2.14. The number of hydrogen-bond acceptors (Lipinski definition) is 5. The lowest BCUT2D eigenvalue weighted by Gasteiger charge is -2.01. The number of fused-ring (bicyclic) bond motifs is 2. The van der Waals surface area contributed by atoms with E-state index < -0.39 is 0 Å². The van der Waals surface area contributed by atoms with Crippen LogP contribution in [-0.2, 0) is 13.0 Å². The Balaban J connectivity index is 1.65. The third-order valence-electron chi connectivity index (χ3n) is 3.40. The normalized spacial score (nSPS) is 13.6. The second-order valence-corrected chi connectivity index (χ2v) is 6.64. The average molecular weight is 364 g/mol. The second kappa shape index (κ2) is 4.88. The van der Waals surface area contributed by atoms with Crippen LogP contribution in [0.3, 0.4) is 0 Å². The van der Waals surface area contributed by atoms with Gasteiger partial charge in [0.2, 0.25) is 5.82 Å². The summed E-state index contributed by atoms with van der Waals surface area (Å²) in [4.78, 5) is 16.8. The Morgan fingerprint density at radius 1 is 1.38 bits per heavy atom. The van der Waals surface area contributed by atoms with Gasteiger partial charge < -0.3 is 4.57 Å². The second-order valence-electron chi connectivity index (χ2n) is 4.75. The van der Waals surface area contributed by atoms with E-state index in [1.807, 2.05) is 22.8 Å². The van der Waals surface area contributed by atoms with Crippen molar-refractivity contribution in [3.8, 4) is 0 Å². The molecule has 0 aliphatic carbocycles. The van der Waals surface area contributed by atoms with Crippen LogP contribution in [0.1, 0.15) is 22.9 Å². The zero-order chi connectivity index (χ0) is 14.4. The lowest BCUT2D eigenvalue weighted by atomic mass is 10.3. The van der Waals surface area contributed by atoms with Gasteiger partial charge in [-0.15, -0.1) is 10.2 Å². The van der Waals surface area contributed by atoms with E-state index in [1.165, 1.54) is 11.3 Å². The molecule has 8 heteroatoms. The van der Waals surface area contributed by atoms with Gasteiger partial charge in [-0.2, -0.15) is 0 Å². The predicted octanol–water partition coefficient (Wildman–Crippen LogP) is 2.85. The molecule has 0 atom stereocenters. The van der Waals surface area contributed by atoms with Crippen molar-refractivity contribution >= 4 is 48.5 Å². The van der Waals surface area contributed by atoms with E-state index in [0.29, 0.717) is 11.0 Å². The van der Waals surface area contributed by atoms with Gasteiger partial charge in [-0.3, -0.25) is 10.1 Å². The Morgan fingerprint density at radius 3 is 3.14 bits per heavy atom. The molecule has 3 heterocycles. The molecule has 0 saturated carbocycles. The molecule has 1 aliphatic heterocycles. The largest absolute Gasteiger partial charge is 0.307 e. The molecule has 2 aromatic heterocycles. The maximum absolute atomic E-state index is 12.3. The first-order valence-corrected chi connectivity index (χ1v) is 8.12. The highest BCUT2D eigenvalue weighted by atomic mass is 79.9. The van der Waals surface area contributed by atoms with Crippen molar-refractivity contribution in [2.75, 3.05) is 5.32 Å². The fourth-order valence-electron chi connectivity index (χ4n) is 2.44. The summed E-state index contributed by atoms with van der Waals surface area (Å²) in [6.07, 6.45) is 1.90. The van der Waals surface area contributed by atoms with Crippen LogP contribution in [0.5, 0.6) is 0 Å². The summed E-state index contributed by atoms with van der Waals surface area (Å²) in [5, 5.41) is 11.4. The quantitative estimate of drug-likeness (QED) is 0.759. The number of hydrogen-bond donors (Lipinski definition) is 1. The number of anilines is 1. The number of carbonyl (C=O) groups is 1. The van der Waals surface area contributed by atoms with Gasteiger partial charge in [0.05, 0.1) is 10.2 Å². The van der Waals surface area contributed by atoms with E-state index in [-0.39, 0.29) is 5.91 Å². The van der Waals surface area contributed by atoms with E-state index >= 15 is 0 Å². The third-order valence-corrected chi connectivity index (χ3v) is 4.98. The van der Waals surface area contributed by atoms with Gasteiger partial charge in [0.1, 0.15) is 5.82 Å². The maximum Gasteiger partial charge on any atom is 0.295 e. The lowest BCUT2D eigenvalue weighted by Crippen LogP contribution is -2.17. The number of halogens is 1. The van der Waals surface area contributed by atoms with Crippen molar-refractivity contribution in [3.63, 3.8) is 0 Å². The van der Waals surface area contributed by atoms with Gasteiger partial charge in [0.25, 0.3) is 5.91 Å². The van der Waals surface area contributed by atoms with Crippen molar-refractivity contribution in [1.29, 1.82) is 0 Å². The number of para-hydroxylation sites is 1. The summed E-state index contributed by atoms with van der Waals surface area (Å²) in [5.74, 6) is 0.985. The van der Waals surface area contributed by atoms with E-state index in [1.54, 1.807) is 0 Å². The number of amides is 1. The summed E-state index contributed by atoms with van der Waals surface area (Å²) in [5.41, 5.74) is 0.851. The van der Waals surface area contributed by atoms with E-state index in [0.717, 1.165) is 39.9 Å². The molecule has 0 bridgehead atoms. The fraction of sp³-hybridized carbons (Fsp3) is 0.231. The number of aryl methyl sites for hydroxylation is 1. The van der Waals surface area contributed by atoms with Gasteiger partial charge in [0, 0.05) is 17.4 Å². The van der Waals surface area contributed by atoms with Crippen molar-refractivity contribution in [3.05, 3.63) is 34.3 Å². The van der Waals surface area contributed by atoms with Gasteiger partial charge >= 0.3 is 0 Å². The summed E-state index contributed by atoms with van der Waals surface area (Å²) >= 11 is 4.90. The van der Waals surface area contributed by atoms with Crippen LogP contribution in [-0.4, -0.2) is 25.7 Å². The molecule has 0 unspecified atom stereocenters. The predicted molar refractivity (Wildman–Crippen MR) is 83.6 cm³/mol. The number of nitrogens with zero attached hydrogens (tertiary/aromatic N) is 4. The maximum atomic E-state index is 12.3. The van der Waals surface area contributed by atoms with Crippen molar-refractivity contribution in [2.24, 2.45) is 0 Å². The highest BCUT2D eigenvalue weighted by molar-refractivity contribution is 9.10. The summed E-state index contributed by atoms with van der Waals surface area (Å²) in [6.45, 7) is 0.802. The van der Waals surface area contributed by atoms with Crippen LogP contribution in [0, 0.1) is 0 Å². The topological polar surface area (TPSA) is 72.7 Å². The van der Waals surface area contributed by atoms with Gasteiger partial charge in [-0.1, -0.05) is 17.4 Å². The Bertz CT molecular complexity index is 855. The molecular formula is C13H10BrN5OS. The number of rotatable bonds is 2. The van der Waals surface area contributed by atoms with E-state index in [4.69, 9.17) is 0 Å². The molecule has 3 aromatic rings. The Morgan fingerprint density at radius 2 is 2.29 bits per heavy atom. The van der Waals surface area contributed by atoms with Crippen LogP contribution in [0.15, 0.2) is 22.7 Å². The average Bonchev–Trinajstić information content (AvgIpc) is 3.11. The zero-order valence-corrected chi connectivity index (χ0v) is 13.2. The van der Waals surface area contributed by atoms with Gasteiger partial charge in [0.15, 0.2) is 5.13 Å². The molecule has 0 spiro atoms. The summed E-state index contributed by atoms with van der Waals surface area (Å²) in [6, 6.07) is 5.85. The Labute approximate surface area is 132 Å². The molecule has 1 aromatic carbocycles.